The number of aryl methyl sites for hydroxylation is 1. The van der Waals surface area contributed by atoms with Gasteiger partial charge in [0.1, 0.15) is 17.5 Å². The van der Waals surface area contributed by atoms with Crippen molar-refractivity contribution >= 4 is 17.6 Å². The molecule has 1 fully saturated rings. The lowest BCUT2D eigenvalue weighted by molar-refractivity contribution is -0.138. The maximum Gasteiger partial charge on any atom is 0.308 e. The van der Waals surface area contributed by atoms with E-state index in [9.17, 15) is 4.79 Å². The Kier molecular flexibility index (Phi) is 3.59. The highest BCUT2D eigenvalue weighted by Crippen LogP contribution is 2.33. The Morgan fingerprint density at radius 3 is 2.74 bits per heavy atom. The number of aliphatic carboxylic acids is 1. The number of hydrogen-bond donors (Lipinski definition) is 2. The summed E-state index contributed by atoms with van der Waals surface area (Å²) in [6.07, 6.45) is 0.660. The Morgan fingerprint density at radius 2 is 2.21 bits per heavy atom. The van der Waals surface area contributed by atoms with E-state index in [-0.39, 0.29) is 12.0 Å². The second-order valence-electron chi connectivity index (χ2n) is 5.29. The molecule has 1 saturated carbocycles. The fourth-order valence-corrected chi connectivity index (χ4v) is 1.89. The SMILES string of the molecule is Cc1nc(NC2CC2C(=O)O)cc(N(C)C(C)C)n1. The number of nitrogens with zero attached hydrogens (tertiary/aromatic N) is 3. The van der Waals surface area contributed by atoms with Crippen molar-refractivity contribution < 1.29 is 9.90 Å². The van der Waals surface area contributed by atoms with Gasteiger partial charge >= 0.3 is 5.97 Å². The van der Waals surface area contributed by atoms with Gasteiger partial charge in [0.2, 0.25) is 0 Å². The van der Waals surface area contributed by atoms with Gasteiger partial charge in [-0.3, -0.25) is 4.79 Å². The van der Waals surface area contributed by atoms with E-state index in [0.29, 0.717) is 24.1 Å². The zero-order valence-electron chi connectivity index (χ0n) is 11.7. The van der Waals surface area contributed by atoms with Gasteiger partial charge in [0.25, 0.3) is 0 Å². The highest BCUT2D eigenvalue weighted by molar-refractivity contribution is 5.75. The van der Waals surface area contributed by atoms with E-state index in [1.165, 1.54) is 0 Å². The van der Waals surface area contributed by atoms with Crippen molar-refractivity contribution in [2.75, 3.05) is 17.3 Å². The standard InChI is InChI=1S/C13H20N4O2/c1-7(2)17(4)12-6-11(14-8(3)15-12)16-10-5-9(10)13(18)19/h6-7,9-10H,5H2,1-4H3,(H,18,19)(H,14,15,16). The topological polar surface area (TPSA) is 78.3 Å². The third-order valence-electron chi connectivity index (χ3n) is 3.40. The lowest BCUT2D eigenvalue weighted by atomic mass is 10.3. The average molecular weight is 264 g/mol. The monoisotopic (exact) mass is 264 g/mol. The number of hydrogen-bond acceptors (Lipinski definition) is 5. The fraction of sp³-hybridized carbons (Fsp3) is 0.615. The van der Waals surface area contributed by atoms with E-state index in [1.54, 1.807) is 0 Å². The average Bonchev–Trinajstić information content (AvgIpc) is 3.06. The van der Waals surface area contributed by atoms with Crippen LogP contribution in [-0.2, 0) is 4.79 Å². The van der Waals surface area contributed by atoms with Crippen LogP contribution in [0.5, 0.6) is 0 Å². The van der Waals surface area contributed by atoms with E-state index >= 15 is 0 Å². The van der Waals surface area contributed by atoms with Crippen molar-refractivity contribution in [3.8, 4) is 0 Å². The van der Waals surface area contributed by atoms with Crippen LogP contribution in [0, 0.1) is 12.8 Å². The zero-order valence-corrected chi connectivity index (χ0v) is 11.7. The van der Waals surface area contributed by atoms with Crippen LogP contribution in [0.1, 0.15) is 26.1 Å². The van der Waals surface area contributed by atoms with Crippen molar-refractivity contribution in [2.45, 2.75) is 39.3 Å². The number of aromatic nitrogens is 2. The molecule has 0 amide bonds. The molecule has 1 heterocycles. The van der Waals surface area contributed by atoms with Crippen molar-refractivity contribution in [3.63, 3.8) is 0 Å². The van der Waals surface area contributed by atoms with E-state index in [2.05, 4.69) is 34.0 Å². The minimum absolute atomic E-state index is 0.0102. The molecule has 0 bridgehead atoms. The van der Waals surface area contributed by atoms with Crippen molar-refractivity contribution in [1.82, 2.24) is 9.97 Å². The molecule has 1 aliphatic rings. The highest BCUT2D eigenvalue weighted by atomic mass is 16.4. The predicted octanol–water partition coefficient (Wildman–Crippen LogP) is 1.51. The summed E-state index contributed by atoms with van der Waals surface area (Å²) in [5.41, 5.74) is 0. The van der Waals surface area contributed by atoms with E-state index < -0.39 is 5.97 Å². The molecule has 2 atom stereocenters. The Labute approximate surface area is 112 Å². The van der Waals surface area contributed by atoms with Crippen LogP contribution >= 0.6 is 0 Å². The van der Waals surface area contributed by atoms with Gasteiger partial charge in [-0.25, -0.2) is 9.97 Å². The first kappa shape index (κ1) is 13.6. The molecule has 104 valence electrons. The zero-order chi connectivity index (χ0) is 14.2. The van der Waals surface area contributed by atoms with Crippen LogP contribution in [0.2, 0.25) is 0 Å². The van der Waals surface area contributed by atoms with Gasteiger partial charge in [0.05, 0.1) is 5.92 Å². The second kappa shape index (κ2) is 5.03. The highest BCUT2D eigenvalue weighted by Gasteiger charge is 2.43. The molecule has 1 aromatic rings. The Bertz CT molecular complexity index is 490. The van der Waals surface area contributed by atoms with Crippen molar-refractivity contribution in [3.05, 3.63) is 11.9 Å². The molecule has 2 N–H and O–H groups in total. The van der Waals surface area contributed by atoms with Gasteiger partial charge in [-0.1, -0.05) is 0 Å². The number of anilines is 2. The Morgan fingerprint density at radius 1 is 1.53 bits per heavy atom. The molecule has 2 unspecified atom stereocenters. The van der Waals surface area contributed by atoms with Gasteiger partial charge in [0, 0.05) is 25.2 Å². The minimum Gasteiger partial charge on any atom is -0.481 e. The molecule has 1 aromatic heterocycles. The summed E-state index contributed by atoms with van der Waals surface area (Å²) in [4.78, 5) is 21.6. The number of nitrogens with one attached hydrogen (secondary N) is 1. The predicted molar refractivity (Wildman–Crippen MR) is 73.5 cm³/mol. The van der Waals surface area contributed by atoms with Crippen LogP contribution in [0.4, 0.5) is 11.6 Å². The molecule has 0 aromatic carbocycles. The van der Waals surface area contributed by atoms with Crippen LogP contribution in [-0.4, -0.2) is 40.2 Å². The maximum atomic E-state index is 10.8. The summed E-state index contributed by atoms with van der Waals surface area (Å²) in [7, 11) is 1.98. The molecule has 6 nitrogen and oxygen atoms in total. The molecule has 0 aliphatic heterocycles. The number of rotatable bonds is 5. The number of carbonyl (C=O) groups is 1. The lowest BCUT2D eigenvalue weighted by Crippen LogP contribution is -2.27. The third kappa shape index (κ3) is 3.13. The first-order valence-electron chi connectivity index (χ1n) is 6.46. The summed E-state index contributed by atoms with van der Waals surface area (Å²) in [5.74, 6) is 1.19. The Balaban J connectivity index is 2.12. The molecule has 1 aliphatic carbocycles. The quantitative estimate of drug-likeness (QED) is 0.839. The lowest BCUT2D eigenvalue weighted by Gasteiger charge is -2.23. The number of carboxylic acid groups (broad SMARTS) is 1. The Hall–Kier alpha value is -1.85. The van der Waals surface area contributed by atoms with Gasteiger partial charge in [-0.15, -0.1) is 0 Å². The van der Waals surface area contributed by atoms with E-state index in [4.69, 9.17) is 5.11 Å². The molecule has 2 rings (SSSR count). The fourth-order valence-electron chi connectivity index (χ4n) is 1.89. The second-order valence-corrected chi connectivity index (χ2v) is 5.29. The van der Waals surface area contributed by atoms with Gasteiger partial charge in [-0.2, -0.15) is 0 Å². The van der Waals surface area contributed by atoms with Crippen LogP contribution in [0.15, 0.2) is 6.07 Å². The minimum atomic E-state index is -0.747. The largest absolute Gasteiger partial charge is 0.481 e. The maximum absolute atomic E-state index is 10.8. The summed E-state index contributed by atoms with van der Waals surface area (Å²) in [6, 6.07) is 2.20. The van der Waals surface area contributed by atoms with Gasteiger partial charge in [0.15, 0.2) is 0 Å². The summed E-state index contributed by atoms with van der Waals surface area (Å²) in [5, 5.41) is 12.1. The summed E-state index contributed by atoms with van der Waals surface area (Å²) in [6.45, 7) is 6.02. The van der Waals surface area contributed by atoms with Crippen LogP contribution in [0.25, 0.3) is 0 Å². The first-order chi connectivity index (χ1) is 8.88. The normalized spacial score (nSPS) is 21.3. The van der Waals surface area contributed by atoms with Crippen LogP contribution < -0.4 is 10.2 Å². The molecule has 0 radical (unpaired) electrons. The molecular weight excluding hydrogens is 244 g/mol. The van der Waals surface area contributed by atoms with Gasteiger partial charge in [-0.05, 0) is 27.2 Å². The number of carboxylic acids is 1. The van der Waals surface area contributed by atoms with Crippen LogP contribution in [0.3, 0.4) is 0 Å². The van der Waals surface area contributed by atoms with Gasteiger partial charge < -0.3 is 15.3 Å². The molecule has 6 heteroatoms. The summed E-state index contributed by atoms with van der Waals surface area (Å²) < 4.78 is 0. The van der Waals surface area contributed by atoms with Crippen molar-refractivity contribution in [1.29, 1.82) is 0 Å². The van der Waals surface area contributed by atoms with E-state index in [1.807, 2.05) is 20.0 Å². The molecule has 0 saturated heterocycles. The smallest absolute Gasteiger partial charge is 0.308 e. The molecular formula is C13H20N4O2. The molecule has 0 spiro atoms. The third-order valence-corrected chi connectivity index (χ3v) is 3.40. The van der Waals surface area contributed by atoms with Crippen molar-refractivity contribution in [2.24, 2.45) is 5.92 Å². The summed E-state index contributed by atoms with van der Waals surface area (Å²) >= 11 is 0. The first-order valence-corrected chi connectivity index (χ1v) is 6.46. The molecule has 19 heavy (non-hydrogen) atoms. The van der Waals surface area contributed by atoms with E-state index in [0.717, 1.165) is 5.82 Å².